The Bertz CT molecular complexity index is 307. The molecule has 0 fully saturated rings. The van der Waals surface area contributed by atoms with Crippen molar-refractivity contribution < 1.29 is 4.79 Å². The molecule has 0 bridgehead atoms. The van der Waals surface area contributed by atoms with Gasteiger partial charge in [-0.05, 0) is 24.1 Å². The molecule has 0 N–H and O–H groups in total. The maximum Gasteiger partial charge on any atom is 0.240 e. The summed E-state index contributed by atoms with van der Waals surface area (Å²) >= 11 is 0. The average molecular weight is 159 g/mol. The summed E-state index contributed by atoms with van der Waals surface area (Å²) in [7, 11) is 0. The van der Waals surface area contributed by atoms with E-state index in [0.717, 1.165) is 12.0 Å². The second kappa shape index (κ2) is 4.27. The van der Waals surface area contributed by atoms with Crippen LogP contribution in [0.25, 0.3) is 0 Å². The van der Waals surface area contributed by atoms with Gasteiger partial charge in [0.15, 0.2) is 0 Å². The third-order valence-corrected chi connectivity index (χ3v) is 1.49. The summed E-state index contributed by atoms with van der Waals surface area (Å²) in [4.78, 5) is 13.4. The normalized spacial score (nSPS) is 8.67. The van der Waals surface area contributed by atoms with Crippen LogP contribution in [0.3, 0.4) is 0 Å². The van der Waals surface area contributed by atoms with Crippen LogP contribution in [-0.2, 0) is 11.2 Å². The van der Waals surface area contributed by atoms with Gasteiger partial charge in [0, 0.05) is 0 Å². The molecule has 0 atom stereocenters. The molecule has 0 radical (unpaired) electrons. The van der Waals surface area contributed by atoms with Crippen LogP contribution in [0.5, 0.6) is 0 Å². The van der Waals surface area contributed by atoms with Crippen LogP contribution in [0.15, 0.2) is 41.9 Å². The van der Waals surface area contributed by atoms with Crippen LogP contribution < -0.4 is 0 Å². The highest BCUT2D eigenvalue weighted by Crippen LogP contribution is 2.12. The first-order chi connectivity index (χ1) is 5.86. The van der Waals surface area contributed by atoms with Crippen molar-refractivity contribution in [2.45, 2.75) is 6.42 Å². The van der Waals surface area contributed by atoms with Gasteiger partial charge in [-0.25, -0.2) is 4.79 Å². The number of allylic oxidation sites excluding steroid dienone is 1. The Morgan fingerprint density at radius 2 is 2.08 bits per heavy atom. The van der Waals surface area contributed by atoms with E-state index in [-0.39, 0.29) is 0 Å². The van der Waals surface area contributed by atoms with E-state index in [2.05, 4.69) is 11.6 Å². The molecule has 0 aliphatic heterocycles. The lowest BCUT2D eigenvalue weighted by atomic mass is 10.1. The summed E-state index contributed by atoms with van der Waals surface area (Å²) in [5.41, 5.74) is 1.80. The molecule has 1 aromatic rings. The average Bonchev–Trinajstić information content (AvgIpc) is 2.09. The van der Waals surface area contributed by atoms with Gasteiger partial charge in [-0.3, -0.25) is 0 Å². The first-order valence-corrected chi connectivity index (χ1v) is 3.64. The van der Waals surface area contributed by atoms with Gasteiger partial charge in [0.2, 0.25) is 6.08 Å². The van der Waals surface area contributed by atoms with Gasteiger partial charge in [-0.15, -0.1) is 6.58 Å². The van der Waals surface area contributed by atoms with Crippen LogP contribution >= 0.6 is 0 Å². The van der Waals surface area contributed by atoms with E-state index in [1.165, 1.54) is 6.08 Å². The number of hydrogen-bond donors (Lipinski definition) is 0. The molecular formula is C10H9NO. The number of benzene rings is 1. The number of aliphatic imine (C=N–C) groups is 1. The highest BCUT2D eigenvalue weighted by molar-refractivity contribution is 5.49. The van der Waals surface area contributed by atoms with Crippen LogP contribution in [0.4, 0.5) is 5.69 Å². The Morgan fingerprint density at radius 3 is 2.58 bits per heavy atom. The molecule has 1 rings (SSSR count). The summed E-state index contributed by atoms with van der Waals surface area (Å²) in [6.45, 7) is 3.63. The number of rotatable bonds is 3. The monoisotopic (exact) mass is 159 g/mol. The minimum atomic E-state index is 0.637. The van der Waals surface area contributed by atoms with Gasteiger partial charge in [0.05, 0.1) is 5.69 Å². The quantitative estimate of drug-likeness (QED) is 0.378. The van der Waals surface area contributed by atoms with Crippen LogP contribution in [0, 0.1) is 0 Å². The molecule has 0 saturated heterocycles. The van der Waals surface area contributed by atoms with Crippen molar-refractivity contribution in [1.29, 1.82) is 0 Å². The van der Waals surface area contributed by atoms with E-state index in [0.29, 0.717) is 5.69 Å². The number of hydrogen-bond acceptors (Lipinski definition) is 2. The Hall–Kier alpha value is -1.66. The summed E-state index contributed by atoms with van der Waals surface area (Å²) in [5.74, 6) is 0. The Balaban J connectivity index is 2.84. The molecule has 0 heterocycles. The zero-order valence-electron chi connectivity index (χ0n) is 6.66. The van der Waals surface area contributed by atoms with Crippen molar-refractivity contribution in [3.05, 3.63) is 42.5 Å². The summed E-state index contributed by atoms with van der Waals surface area (Å²) in [5, 5.41) is 0. The molecule has 0 aliphatic carbocycles. The van der Waals surface area contributed by atoms with E-state index < -0.39 is 0 Å². The topological polar surface area (TPSA) is 29.4 Å². The van der Waals surface area contributed by atoms with E-state index in [1.807, 2.05) is 18.2 Å². The fraction of sp³-hybridized carbons (Fsp3) is 0.100. The van der Waals surface area contributed by atoms with Crippen molar-refractivity contribution in [3.8, 4) is 0 Å². The lowest BCUT2D eigenvalue weighted by molar-refractivity contribution is 0.565. The van der Waals surface area contributed by atoms with Crippen LogP contribution in [0.2, 0.25) is 0 Å². The largest absolute Gasteiger partial charge is 0.240 e. The van der Waals surface area contributed by atoms with E-state index >= 15 is 0 Å². The zero-order valence-corrected chi connectivity index (χ0v) is 6.66. The summed E-state index contributed by atoms with van der Waals surface area (Å²) in [6.07, 6.45) is 4.16. The van der Waals surface area contributed by atoms with Crippen molar-refractivity contribution in [2.24, 2.45) is 4.99 Å². The number of nitrogens with zero attached hydrogens (tertiary/aromatic N) is 1. The predicted molar refractivity (Wildman–Crippen MR) is 48.1 cm³/mol. The molecule has 0 spiro atoms. The smallest absolute Gasteiger partial charge is 0.211 e. The van der Waals surface area contributed by atoms with Crippen LogP contribution in [0.1, 0.15) is 5.56 Å². The van der Waals surface area contributed by atoms with E-state index in [4.69, 9.17) is 0 Å². The summed E-state index contributed by atoms with van der Waals surface area (Å²) in [6, 6.07) is 7.39. The minimum absolute atomic E-state index is 0.637. The molecule has 0 aromatic heterocycles. The molecule has 0 unspecified atom stereocenters. The Labute approximate surface area is 71.3 Å². The van der Waals surface area contributed by atoms with Gasteiger partial charge in [-0.1, -0.05) is 18.2 Å². The molecule has 0 amide bonds. The fourth-order valence-electron chi connectivity index (χ4n) is 0.926. The highest BCUT2D eigenvalue weighted by atomic mass is 16.1. The van der Waals surface area contributed by atoms with Crippen molar-refractivity contribution in [3.63, 3.8) is 0 Å². The molecule has 0 aliphatic rings. The third-order valence-electron chi connectivity index (χ3n) is 1.49. The van der Waals surface area contributed by atoms with E-state index in [9.17, 15) is 4.79 Å². The van der Waals surface area contributed by atoms with Crippen molar-refractivity contribution in [1.82, 2.24) is 0 Å². The SMILES string of the molecule is C=CCc1ccc(N=C=O)cc1. The molecule has 2 heteroatoms. The zero-order chi connectivity index (χ0) is 8.81. The van der Waals surface area contributed by atoms with Gasteiger partial charge >= 0.3 is 0 Å². The maximum atomic E-state index is 9.88. The fourth-order valence-corrected chi connectivity index (χ4v) is 0.926. The second-order valence-electron chi connectivity index (χ2n) is 2.36. The molecular weight excluding hydrogens is 150 g/mol. The Morgan fingerprint density at radius 1 is 1.42 bits per heavy atom. The maximum absolute atomic E-state index is 9.88. The second-order valence-corrected chi connectivity index (χ2v) is 2.36. The standard InChI is InChI=1S/C10H9NO/c1-2-3-9-4-6-10(7-5-9)11-8-12/h2,4-7H,1,3H2. The first-order valence-electron chi connectivity index (χ1n) is 3.64. The predicted octanol–water partition coefficient (Wildman–Crippen LogP) is 2.38. The van der Waals surface area contributed by atoms with Gasteiger partial charge < -0.3 is 0 Å². The Kier molecular flexibility index (Phi) is 3.00. The highest BCUT2D eigenvalue weighted by Gasteiger charge is 1.89. The molecule has 2 nitrogen and oxygen atoms in total. The van der Waals surface area contributed by atoms with Gasteiger partial charge in [0.1, 0.15) is 0 Å². The van der Waals surface area contributed by atoms with Crippen molar-refractivity contribution in [2.75, 3.05) is 0 Å². The van der Waals surface area contributed by atoms with Gasteiger partial charge in [-0.2, -0.15) is 4.99 Å². The summed E-state index contributed by atoms with van der Waals surface area (Å²) < 4.78 is 0. The minimum Gasteiger partial charge on any atom is -0.211 e. The van der Waals surface area contributed by atoms with E-state index in [1.54, 1.807) is 12.1 Å². The number of isocyanates is 1. The van der Waals surface area contributed by atoms with Gasteiger partial charge in [0.25, 0.3) is 0 Å². The lowest BCUT2D eigenvalue weighted by Gasteiger charge is -1.94. The first kappa shape index (κ1) is 8.44. The van der Waals surface area contributed by atoms with Crippen LogP contribution in [-0.4, -0.2) is 6.08 Å². The number of carbonyl (C=O) groups excluding carboxylic acids is 1. The molecule has 60 valence electrons. The van der Waals surface area contributed by atoms with Crippen molar-refractivity contribution >= 4 is 11.8 Å². The lowest BCUT2D eigenvalue weighted by Crippen LogP contribution is -1.77. The molecule has 1 aromatic carbocycles. The molecule has 12 heavy (non-hydrogen) atoms. The third kappa shape index (κ3) is 2.19. The molecule has 0 saturated carbocycles.